The highest BCUT2D eigenvalue weighted by atomic mass is 35.5. The Labute approximate surface area is 118 Å². The van der Waals surface area contributed by atoms with Crippen molar-refractivity contribution >= 4 is 27.3 Å². The minimum Gasteiger partial charge on any atom is -0.350 e. The van der Waals surface area contributed by atoms with Gasteiger partial charge in [0.1, 0.15) is 0 Å². The first-order valence-corrected chi connectivity index (χ1v) is 8.72. The fourth-order valence-corrected chi connectivity index (χ4v) is 5.04. The zero-order valence-corrected chi connectivity index (χ0v) is 12.5. The van der Waals surface area contributed by atoms with Crippen LogP contribution >= 0.6 is 11.6 Å². The van der Waals surface area contributed by atoms with Gasteiger partial charge in [-0.2, -0.15) is 0 Å². The Morgan fingerprint density at radius 3 is 2.79 bits per heavy atom. The van der Waals surface area contributed by atoms with Crippen LogP contribution in [0.5, 0.6) is 0 Å². The van der Waals surface area contributed by atoms with Gasteiger partial charge in [-0.1, -0.05) is 0 Å². The van der Waals surface area contributed by atoms with Gasteiger partial charge in [-0.15, -0.1) is 11.6 Å². The predicted octanol–water partition coefficient (Wildman–Crippen LogP) is -1.20. The molecule has 19 heavy (non-hydrogen) atoms. The van der Waals surface area contributed by atoms with Gasteiger partial charge < -0.3 is 10.6 Å². The number of nitrogens with zero attached hydrogens (tertiary/aromatic N) is 1. The summed E-state index contributed by atoms with van der Waals surface area (Å²) in [6.07, 6.45) is 0. The second kappa shape index (κ2) is 5.95. The Bertz CT molecular complexity index is 442. The van der Waals surface area contributed by atoms with E-state index >= 15 is 0 Å². The van der Waals surface area contributed by atoms with Crippen molar-refractivity contribution in [3.63, 3.8) is 0 Å². The molecule has 6 nitrogen and oxygen atoms in total. The first-order chi connectivity index (χ1) is 8.87. The van der Waals surface area contributed by atoms with E-state index in [1.807, 2.05) is 0 Å². The number of piperazine rings is 1. The highest BCUT2D eigenvalue weighted by molar-refractivity contribution is 7.91. The van der Waals surface area contributed by atoms with Gasteiger partial charge in [-0.3, -0.25) is 9.69 Å². The number of sulfone groups is 1. The van der Waals surface area contributed by atoms with Gasteiger partial charge >= 0.3 is 0 Å². The zero-order valence-electron chi connectivity index (χ0n) is 10.9. The van der Waals surface area contributed by atoms with E-state index in [1.165, 1.54) is 0 Å². The lowest BCUT2D eigenvalue weighted by molar-refractivity contribution is -0.123. The molecule has 2 aliphatic rings. The molecule has 3 unspecified atom stereocenters. The van der Waals surface area contributed by atoms with Gasteiger partial charge in [0.25, 0.3) is 0 Å². The lowest BCUT2D eigenvalue weighted by atomic mass is 10.2. The summed E-state index contributed by atoms with van der Waals surface area (Å²) >= 11 is 5.96. The molecule has 0 radical (unpaired) electrons. The van der Waals surface area contributed by atoms with E-state index in [9.17, 15) is 13.2 Å². The molecule has 2 rings (SSSR count). The Morgan fingerprint density at radius 2 is 2.21 bits per heavy atom. The molecule has 0 aromatic heterocycles. The average Bonchev–Trinajstić information content (AvgIpc) is 2.55. The SMILES string of the molecule is CC1CNCCN1CC(=O)NC1CS(=O)(=O)CC1Cl. The second-order valence-corrected chi connectivity index (χ2v) is 8.00. The second-order valence-electron chi connectivity index (χ2n) is 5.29. The fraction of sp³-hybridized carbons (Fsp3) is 0.909. The lowest BCUT2D eigenvalue weighted by Gasteiger charge is -2.33. The Hall–Kier alpha value is -0.370. The molecule has 0 spiro atoms. The van der Waals surface area contributed by atoms with Gasteiger partial charge in [0, 0.05) is 25.7 Å². The summed E-state index contributed by atoms with van der Waals surface area (Å²) in [5, 5.41) is 5.48. The van der Waals surface area contributed by atoms with Gasteiger partial charge in [0.15, 0.2) is 9.84 Å². The van der Waals surface area contributed by atoms with Crippen LogP contribution < -0.4 is 10.6 Å². The normalized spacial score (nSPS) is 35.2. The van der Waals surface area contributed by atoms with Crippen molar-refractivity contribution in [2.75, 3.05) is 37.7 Å². The van der Waals surface area contributed by atoms with Gasteiger partial charge in [0.2, 0.25) is 5.91 Å². The van der Waals surface area contributed by atoms with Crippen molar-refractivity contribution < 1.29 is 13.2 Å². The van der Waals surface area contributed by atoms with Crippen LogP contribution in [0.25, 0.3) is 0 Å². The number of hydrogen-bond donors (Lipinski definition) is 2. The van der Waals surface area contributed by atoms with Crippen LogP contribution in [0.3, 0.4) is 0 Å². The van der Waals surface area contributed by atoms with Gasteiger partial charge in [-0.05, 0) is 6.92 Å². The minimum absolute atomic E-state index is 0.0516. The molecule has 2 fully saturated rings. The molecule has 1 amide bonds. The summed E-state index contributed by atoms with van der Waals surface area (Å²) in [6, 6.07) is -0.156. The van der Waals surface area contributed by atoms with Crippen LogP contribution in [0.4, 0.5) is 0 Å². The van der Waals surface area contributed by atoms with Gasteiger partial charge in [-0.25, -0.2) is 8.42 Å². The third kappa shape index (κ3) is 4.05. The summed E-state index contributed by atoms with van der Waals surface area (Å²) in [5.41, 5.74) is 0. The maximum Gasteiger partial charge on any atom is 0.234 e. The number of amides is 1. The summed E-state index contributed by atoms with van der Waals surface area (Å²) in [4.78, 5) is 14.0. The molecule has 110 valence electrons. The lowest BCUT2D eigenvalue weighted by Crippen LogP contribution is -2.54. The number of rotatable bonds is 3. The monoisotopic (exact) mass is 309 g/mol. The van der Waals surface area contributed by atoms with Crippen molar-refractivity contribution in [1.29, 1.82) is 0 Å². The molecule has 0 aliphatic carbocycles. The number of carbonyl (C=O) groups is 1. The van der Waals surface area contributed by atoms with E-state index in [1.54, 1.807) is 0 Å². The molecule has 2 saturated heterocycles. The Morgan fingerprint density at radius 1 is 1.47 bits per heavy atom. The third-order valence-electron chi connectivity index (χ3n) is 3.62. The van der Waals surface area contributed by atoms with Crippen molar-refractivity contribution in [1.82, 2.24) is 15.5 Å². The number of alkyl halides is 1. The highest BCUT2D eigenvalue weighted by Crippen LogP contribution is 2.18. The van der Waals surface area contributed by atoms with E-state index in [4.69, 9.17) is 11.6 Å². The van der Waals surface area contributed by atoms with E-state index in [0.717, 1.165) is 19.6 Å². The molecular weight excluding hydrogens is 290 g/mol. The maximum absolute atomic E-state index is 11.9. The quantitative estimate of drug-likeness (QED) is 0.640. The topological polar surface area (TPSA) is 78.5 Å². The molecule has 0 aromatic rings. The number of nitrogens with one attached hydrogen (secondary N) is 2. The van der Waals surface area contributed by atoms with Crippen LogP contribution in [0, 0.1) is 0 Å². The molecule has 8 heteroatoms. The molecule has 0 aromatic carbocycles. The number of hydrogen-bond acceptors (Lipinski definition) is 5. The number of halogens is 1. The van der Waals surface area contributed by atoms with E-state index < -0.39 is 21.3 Å². The van der Waals surface area contributed by atoms with Crippen molar-refractivity contribution in [3.8, 4) is 0 Å². The third-order valence-corrected chi connectivity index (χ3v) is 5.99. The summed E-state index contributed by atoms with van der Waals surface area (Å²) in [7, 11) is -3.10. The predicted molar refractivity (Wildman–Crippen MR) is 74.1 cm³/mol. The van der Waals surface area contributed by atoms with Crippen LogP contribution in [0.15, 0.2) is 0 Å². The van der Waals surface area contributed by atoms with E-state index in [2.05, 4.69) is 22.5 Å². The molecule has 2 heterocycles. The van der Waals surface area contributed by atoms with Crippen LogP contribution in [-0.4, -0.2) is 74.4 Å². The fourth-order valence-electron chi connectivity index (χ4n) is 2.49. The van der Waals surface area contributed by atoms with Crippen molar-refractivity contribution in [2.45, 2.75) is 24.4 Å². The van der Waals surface area contributed by atoms with Crippen LogP contribution in [0.2, 0.25) is 0 Å². The van der Waals surface area contributed by atoms with Crippen molar-refractivity contribution in [3.05, 3.63) is 0 Å². The van der Waals surface area contributed by atoms with E-state index in [0.29, 0.717) is 12.6 Å². The first kappa shape index (κ1) is 15.0. The Kier molecular flexibility index (Phi) is 4.70. The molecule has 0 bridgehead atoms. The summed E-state index contributed by atoms with van der Waals surface area (Å²) < 4.78 is 22.8. The van der Waals surface area contributed by atoms with Crippen molar-refractivity contribution in [2.24, 2.45) is 0 Å². The molecule has 2 aliphatic heterocycles. The highest BCUT2D eigenvalue weighted by Gasteiger charge is 2.37. The standard InChI is InChI=1S/C11H20ClN3O3S/c1-8-4-13-2-3-15(8)5-11(16)14-10-7-19(17,18)6-9(10)12/h8-10,13H,2-7H2,1H3,(H,14,16). The minimum atomic E-state index is -3.10. The molecular formula is C11H20ClN3O3S. The smallest absolute Gasteiger partial charge is 0.234 e. The summed E-state index contributed by atoms with van der Waals surface area (Å²) in [5.74, 6) is -0.255. The largest absolute Gasteiger partial charge is 0.350 e. The first-order valence-electron chi connectivity index (χ1n) is 6.46. The maximum atomic E-state index is 11.9. The zero-order chi connectivity index (χ0) is 14.0. The Balaban J connectivity index is 1.84. The summed E-state index contributed by atoms with van der Waals surface area (Å²) in [6.45, 7) is 4.91. The average molecular weight is 310 g/mol. The van der Waals surface area contributed by atoms with Crippen LogP contribution in [-0.2, 0) is 14.6 Å². The molecule has 0 saturated carbocycles. The van der Waals surface area contributed by atoms with E-state index in [-0.39, 0.29) is 17.4 Å². The number of carbonyl (C=O) groups excluding carboxylic acids is 1. The molecule has 3 atom stereocenters. The molecule has 2 N–H and O–H groups in total. The van der Waals surface area contributed by atoms with Crippen LogP contribution in [0.1, 0.15) is 6.92 Å². The van der Waals surface area contributed by atoms with Gasteiger partial charge in [0.05, 0.1) is 29.5 Å².